The van der Waals surface area contributed by atoms with Gasteiger partial charge >= 0.3 is 0 Å². The smallest absolute Gasteiger partial charge is 0.201 e. The summed E-state index contributed by atoms with van der Waals surface area (Å²) in [6, 6.07) is 25.0. The Bertz CT molecular complexity index is 1190. The molecule has 1 radical (unpaired) electrons. The van der Waals surface area contributed by atoms with E-state index in [1.165, 1.54) is 27.1 Å². The minimum atomic E-state index is -2.25. The van der Waals surface area contributed by atoms with Gasteiger partial charge in [0.1, 0.15) is 0 Å². The fraction of sp³-hybridized carbons (Fsp3) is 0.296. The Morgan fingerprint density at radius 2 is 1.61 bits per heavy atom. The third-order valence-corrected chi connectivity index (χ3v) is 5.77. The van der Waals surface area contributed by atoms with Gasteiger partial charge in [-0.25, -0.2) is 8.78 Å². The summed E-state index contributed by atoms with van der Waals surface area (Å²) < 4.78 is 22.2. The zero-order chi connectivity index (χ0) is 23.3. The number of pyridine rings is 1. The minimum absolute atomic E-state index is 0. The van der Waals surface area contributed by atoms with E-state index in [-0.39, 0.29) is 25.5 Å². The van der Waals surface area contributed by atoms with Crippen molar-refractivity contribution in [1.29, 1.82) is 0 Å². The Morgan fingerprint density at radius 1 is 0.939 bits per heavy atom. The number of alkyl halides is 2. The van der Waals surface area contributed by atoms with Crippen LogP contribution in [0, 0.1) is 6.07 Å². The predicted molar refractivity (Wildman–Crippen MR) is 126 cm³/mol. The van der Waals surface area contributed by atoms with E-state index in [0.29, 0.717) is 0 Å². The second kappa shape index (κ2) is 11.8. The first-order valence-electron chi connectivity index (χ1n) is 10.7. The van der Waals surface area contributed by atoms with E-state index in [4.69, 9.17) is 10.2 Å². The summed E-state index contributed by atoms with van der Waals surface area (Å²) in [6.07, 6.45) is -2.34. The molecule has 4 rings (SSSR count). The summed E-state index contributed by atoms with van der Waals surface area (Å²) >= 11 is 0. The number of aromatic nitrogens is 1. The molecule has 33 heavy (non-hydrogen) atoms. The van der Waals surface area contributed by atoms with Gasteiger partial charge in [0.05, 0.1) is 6.42 Å². The first kappa shape index (κ1) is 27.0. The number of benzene rings is 3. The molecule has 1 heterocycles. The zero-order valence-corrected chi connectivity index (χ0v) is 21.2. The molecule has 0 bridgehead atoms. The standard InChI is InChI=1S/C24H22N.C3H6F2O2.Ir/c1-4-24(2,3)20-13-14-25-23(16-20)19-11-12-22-18(15-19)10-9-17-7-5-6-8-21(17)22;4-2(6)1-3(5)7;/h5-10,12-16H,4H2,1-3H3;2-3,6-7H,1H2;/q-1;;. The number of hydrogen-bond acceptors (Lipinski definition) is 3. The van der Waals surface area contributed by atoms with E-state index in [1.54, 1.807) is 0 Å². The average molecular weight is 629 g/mol. The fourth-order valence-electron chi connectivity index (χ4n) is 3.46. The summed E-state index contributed by atoms with van der Waals surface area (Å²) in [6.45, 7) is 6.79. The van der Waals surface area contributed by atoms with Crippen LogP contribution in [0.5, 0.6) is 0 Å². The summed E-state index contributed by atoms with van der Waals surface area (Å²) in [4.78, 5) is 4.60. The van der Waals surface area contributed by atoms with Crippen molar-refractivity contribution in [1.82, 2.24) is 4.98 Å². The molecule has 2 N–H and O–H groups in total. The Morgan fingerprint density at radius 3 is 2.24 bits per heavy atom. The quantitative estimate of drug-likeness (QED) is 0.196. The Labute approximate surface area is 206 Å². The topological polar surface area (TPSA) is 53.4 Å². The number of rotatable bonds is 5. The van der Waals surface area contributed by atoms with Crippen LogP contribution in [0.4, 0.5) is 8.78 Å². The van der Waals surface area contributed by atoms with Gasteiger partial charge in [-0.15, -0.1) is 29.1 Å². The van der Waals surface area contributed by atoms with Crippen LogP contribution in [0.15, 0.2) is 66.9 Å². The average Bonchev–Trinajstić information content (AvgIpc) is 2.78. The van der Waals surface area contributed by atoms with E-state index in [1.807, 2.05) is 6.20 Å². The van der Waals surface area contributed by atoms with Crippen molar-refractivity contribution < 1.29 is 39.1 Å². The Hall–Kier alpha value is -2.24. The number of halogens is 2. The maximum Gasteiger partial charge on any atom is 0.201 e. The van der Waals surface area contributed by atoms with Gasteiger partial charge in [0.25, 0.3) is 0 Å². The first-order chi connectivity index (χ1) is 15.2. The normalized spacial score (nSPS) is 13.1. The Kier molecular flexibility index (Phi) is 9.62. The molecular formula is C27H28F2IrNO2-. The van der Waals surface area contributed by atoms with Crippen molar-refractivity contribution in [3.63, 3.8) is 0 Å². The van der Waals surface area contributed by atoms with E-state index in [0.717, 1.165) is 17.7 Å². The van der Waals surface area contributed by atoms with Crippen LogP contribution in [0.1, 0.15) is 39.2 Å². The molecule has 0 amide bonds. The fourth-order valence-corrected chi connectivity index (χ4v) is 3.46. The molecule has 2 atom stereocenters. The van der Waals surface area contributed by atoms with Crippen molar-refractivity contribution in [2.45, 2.75) is 51.7 Å². The second-order valence-electron chi connectivity index (χ2n) is 8.41. The molecule has 0 fully saturated rings. The molecule has 0 spiro atoms. The monoisotopic (exact) mass is 629 g/mol. The van der Waals surface area contributed by atoms with Gasteiger partial charge in [0.2, 0.25) is 12.7 Å². The molecule has 0 saturated heterocycles. The number of fused-ring (bicyclic) bond motifs is 3. The molecule has 6 heteroatoms. The zero-order valence-electron chi connectivity index (χ0n) is 18.9. The summed E-state index contributed by atoms with van der Waals surface area (Å²) in [5, 5.41) is 20.3. The molecule has 2 unspecified atom stereocenters. The molecular weight excluding hydrogens is 601 g/mol. The largest absolute Gasteiger partial charge is 0.364 e. The van der Waals surface area contributed by atoms with Gasteiger partial charge in [-0.1, -0.05) is 74.0 Å². The second-order valence-corrected chi connectivity index (χ2v) is 8.41. The third kappa shape index (κ3) is 6.87. The van der Waals surface area contributed by atoms with Crippen molar-refractivity contribution in [3.05, 3.63) is 78.5 Å². The predicted octanol–water partition coefficient (Wildman–Crippen LogP) is 6.49. The molecule has 3 nitrogen and oxygen atoms in total. The van der Waals surface area contributed by atoms with Crippen LogP contribution < -0.4 is 0 Å². The van der Waals surface area contributed by atoms with Gasteiger partial charge in [-0.05, 0) is 34.5 Å². The van der Waals surface area contributed by atoms with E-state index in [9.17, 15) is 8.78 Å². The van der Waals surface area contributed by atoms with Crippen LogP contribution in [0.3, 0.4) is 0 Å². The van der Waals surface area contributed by atoms with E-state index in [2.05, 4.69) is 92.5 Å². The first-order valence-corrected chi connectivity index (χ1v) is 10.7. The minimum Gasteiger partial charge on any atom is -0.364 e. The number of aliphatic hydroxyl groups excluding tert-OH is 2. The third-order valence-electron chi connectivity index (χ3n) is 5.77. The van der Waals surface area contributed by atoms with Crippen molar-refractivity contribution in [3.8, 4) is 11.3 Å². The van der Waals surface area contributed by atoms with Crippen LogP contribution >= 0.6 is 0 Å². The SMILES string of the molecule is CCC(C)(C)c1ccnc(-c2[c-]cc3c(ccc4ccccc43)c2)c1.OC(F)CC(O)F.[Ir]. The van der Waals surface area contributed by atoms with Gasteiger partial charge < -0.3 is 15.2 Å². The molecule has 3 aromatic carbocycles. The van der Waals surface area contributed by atoms with Crippen LogP contribution in [-0.2, 0) is 25.5 Å². The summed E-state index contributed by atoms with van der Waals surface area (Å²) in [5.74, 6) is 0. The van der Waals surface area contributed by atoms with E-state index < -0.39 is 19.1 Å². The van der Waals surface area contributed by atoms with Crippen molar-refractivity contribution in [2.75, 3.05) is 0 Å². The number of aliphatic hydroxyl groups is 2. The number of hydrogen-bond donors (Lipinski definition) is 2. The Balaban J connectivity index is 0.000000423. The molecule has 0 saturated carbocycles. The van der Waals surface area contributed by atoms with Crippen LogP contribution in [0.2, 0.25) is 0 Å². The molecule has 0 aliphatic carbocycles. The van der Waals surface area contributed by atoms with Crippen molar-refractivity contribution >= 4 is 21.5 Å². The molecule has 0 aliphatic heterocycles. The van der Waals surface area contributed by atoms with Gasteiger partial charge in [-0.2, -0.15) is 0 Å². The molecule has 177 valence electrons. The maximum atomic E-state index is 11.1. The number of nitrogens with zero attached hydrogens (tertiary/aromatic N) is 1. The van der Waals surface area contributed by atoms with Gasteiger partial charge in [0, 0.05) is 26.3 Å². The van der Waals surface area contributed by atoms with Gasteiger partial charge in [-0.3, -0.25) is 0 Å². The van der Waals surface area contributed by atoms with Gasteiger partial charge in [0.15, 0.2) is 0 Å². The van der Waals surface area contributed by atoms with E-state index >= 15 is 0 Å². The molecule has 4 aromatic rings. The van der Waals surface area contributed by atoms with Crippen molar-refractivity contribution in [2.24, 2.45) is 0 Å². The summed E-state index contributed by atoms with van der Waals surface area (Å²) in [5.41, 5.74) is 3.53. The van der Waals surface area contributed by atoms with Crippen LogP contribution in [0.25, 0.3) is 32.8 Å². The van der Waals surface area contributed by atoms with Crippen LogP contribution in [-0.4, -0.2) is 27.9 Å². The summed E-state index contributed by atoms with van der Waals surface area (Å²) in [7, 11) is 0. The molecule has 1 aromatic heterocycles. The maximum absolute atomic E-state index is 11.1. The molecule has 0 aliphatic rings.